The van der Waals surface area contributed by atoms with Crippen LogP contribution in [0, 0.1) is 5.82 Å². The number of halogens is 1. The fraction of sp³-hybridized carbons (Fsp3) is 0.733. The molecule has 2 fully saturated rings. The van der Waals surface area contributed by atoms with Crippen molar-refractivity contribution in [3.8, 4) is 0 Å². The third kappa shape index (κ3) is 3.49. The van der Waals surface area contributed by atoms with Crippen molar-refractivity contribution in [2.45, 2.75) is 44.9 Å². The van der Waals surface area contributed by atoms with Gasteiger partial charge < -0.3 is 9.64 Å². The van der Waals surface area contributed by atoms with Gasteiger partial charge in [0.25, 0.3) is 0 Å². The highest BCUT2D eigenvalue weighted by Crippen LogP contribution is 2.24. The van der Waals surface area contributed by atoms with Crippen molar-refractivity contribution >= 4 is 5.95 Å². The Balaban J connectivity index is 1.65. The highest BCUT2D eigenvalue weighted by atomic mass is 19.1. The van der Waals surface area contributed by atoms with Crippen molar-refractivity contribution in [2.75, 3.05) is 31.1 Å². The maximum absolute atomic E-state index is 13.0. The van der Waals surface area contributed by atoms with Crippen LogP contribution in [0.15, 0.2) is 12.4 Å². The van der Waals surface area contributed by atoms with Gasteiger partial charge in [0, 0.05) is 32.2 Å². The van der Waals surface area contributed by atoms with Gasteiger partial charge in [-0.05, 0) is 26.7 Å². The number of hydrogen-bond acceptors (Lipinski definition) is 5. The number of hydrogen-bond donors (Lipinski definition) is 0. The van der Waals surface area contributed by atoms with Gasteiger partial charge >= 0.3 is 0 Å². The molecule has 0 aliphatic carbocycles. The van der Waals surface area contributed by atoms with E-state index in [0.29, 0.717) is 12.0 Å². The van der Waals surface area contributed by atoms with E-state index in [1.165, 1.54) is 12.4 Å². The summed E-state index contributed by atoms with van der Waals surface area (Å²) in [6.45, 7) is 8.14. The van der Waals surface area contributed by atoms with Crippen molar-refractivity contribution in [3.63, 3.8) is 0 Å². The summed E-state index contributed by atoms with van der Waals surface area (Å²) in [5.41, 5.74) is 0. The zero-order chi connectivity index (χ0) is 14.8. The molecule has 0 N–H and O–H groups in total. The van der Waals surface area contributed by atoms with Crippen molar-refractivity contribution in [3.05, 3.63) is 18.2 Å². The Bertz CT molecular complexity index is 459. The van der Waals surface area contributed by atoms with E-state index in [4.69, 9.17) is 4.74 Å². The monoisotopic (exact) mass is 294 g/mol. The number of nitrogens with zero attached hydrogens (tertiary/aromatic N) is 4. The number of ether oxygens (including phenoxy) is 1. The molecule has 0 saturated carbocycles. The van der Waals surface area contributed by atoms with Gasteiger partial charge in [-0.15, -0.1) is 0 Å². The second-order valence-electron chi connectivity index (χ2n) is 6.17. The lowest BCUT2D eigenvalue weighted by Crippen LogP contribution is -2.50. The molecular formula is C15H23FN4O. The minimum Gasteiger partial charge on any atom is -0.373 e. The summed E-state index contributed by atoms with van der Waals surface area (Å²) in [4.78, 5) is 12.9. The van der Waals surface area contributed by atoms with E-state index >= 15 is 0 Å². The van der Waals surface area contributed by atoms with E-state index in [1.54, 1.807) is 0 Å². The molecule has 2 saturated heterocycles. The molecule has 0 radical (unpaired) electrons. The van der Waals surface area contributed by atoms with Gasteiger partial charge in [0.2, 0.25) is 5.95 Å². The summed E-state index contributed by atoms with van der Waals surface area (Å²) in [5, 5.41) is 0. The Kier molecular flexibility index (Phi) is 4.35. The molecule has 3 atom stereocenters. The summed E-state index contributed by atoms with van der Waals surface area (Å²) in [6.07, 6.45) is 5.34. The van der Waals surface area contributed by atoms with Crippen molar-refractivity contribution in [1.82, 2.24) is 14.9 Å². The second kappa shape index (κ2) is 6.23. The molecule has 3 rings (SSSR count). The van der Waals surface area contributed by atoms with Gasteiger partial charge in [0.15, 0.2) is 5.82 Å². The van der Waals surface area contributed by atoms with E-state index in [0.717, 1.165) is 39.0 Å². The fourth-order valence-corrected chi connectivity index (χ4v) is 3.47. The lowest BCUT2D eigenvalue weighted by molar-refractivity contribution is -0.0690. The molecule has 2 aliphatic heterocycles. The van der Waals surface area contributed by atoms with Crippen molar-refractivity contribution in [2.24, 2.45) is 0 Å². The predicted octanol–water partition coefficient (Wildman–Crippen LogP) is 1.69. The molecule has 5 nitrogen and oxygen atoms in total. The minimum atomic E-state index is -0.384. The van der Waals surface area contributed by atoms with Gasteiger partial charge in [-0.2, -0.15) is 0 Å². The molecule has 1 aromatic heterocycles. The number of morpholine rings is 1. The SMILES string of the molecule is C[C@@H]1CN(C[C@H]2CCCN2c2ncc(F)cn2)C[C@H](C)O1. The molecule has 0 bridgehead atoms. The Labute approximate surface area is 125 Å². The first-order chi connectivity index (χ1) is 10.1. The first-order valence-corrected chi connectivity index (χ1v) is 7.74. The molecule has 116 valence electrons. The lowest BCUT2D eigenvalue weighted by atomic mass is 10.1. The van der Waals surface area contributed by atoms with Gasteiger partial charge in [-0.3, -0.25) is 4.90 Å². The summed E-state index contributed by atoms with van der Waals surface area (Å²) < 4.78 is 18.7. The highest BCUT2D eigenvalue weighted by Gasteiger charge is 2.31. The molecule has 21 heavy (non-hydrogen) atoms. The average Bonchev–Trinajstić information content (AvgIpc) is 2.86. The Hall–Kier alpha value is -1.27. The summed E-state index contributed by atoms with van der Waals surface area (Å²) in [5.74, 6) is 0.263. The largest absolute Gasteiger partial charge is 0.373 e. The van der Waals surface area contributed by atoms with Crippen molar-refractivity contribution < 1.29 is 9.13 Å². The van der Waals surface area contributed by atoms with E-state index in [9.17, 15) is 4.39 Å². The Morgan fingerprint density at radius 3 is 2.57 bits per heavy atom. The van der Waals surface area contributed by atoms with Crippen LogP contribution in [0.1, 0.15) is 26.7 Å². The Morgan fingerprint density at radius 2 is 1.90 bits per heavy atom. The molecule has 0 amide bonds. The van der Waals surface area contributed by atoms with Crippen LogP contribution < -0.4 is 4.90 Å². The summed E-state index contributed by atoms with van der Waals surface area (Å²) in [6, 6.07) is 0.410. The molecule has 0 unspecified atom stereocenters. The van der Waals surface area contributed by atoms with E-state index in [2.05, 4.69) is 33.6 Å². The van der Waals surface area contributed by atoms with E-state index in [-0.39, 0.29) is 18.0 Å². The minimum absolute atomic E-state index is 0.283. The highest BCUT2D eigenvalue weighted by molar-refractivity contribution is 5.32. The number of rotatable bonds is 3. The molecule has 0 spiro atoms. The maximum Gasteiger partial charge on any atom is 0.225 e. The molecule has 1 aromatic rings. The van der Waals surface area contributed by atoms with Gasteiger partial charge in [0.05, 0.1) is 24.6 Å². The molecule has 3 heterocycles. The zero-order valence-electron chi connectivity index (χ0n) is 12.7. The normalized spacial score (nSPS) is 30.8. The number of aromatic nitrogens is 2. The van der Waals surface area contributed by atoms with Crippen molar-refractivity contribution in [1.29, 1.82) is 0 Å². The maximum atomic E-state index is 13.0. The quantitative estimate of drug-likeness (QED) is 0.848. The molecule has 2 aliphatic rings. The third-order valence-electron chi connectivity index (χ3n) is 4.20. The zero-order valence-corrected chi connectivity index (χ0v) is 12.7. The van der Waals surface area contributed by atoms with Crippen LogP contribution in [-0.4, -0.2) is 59.3 Å². The van der Waals surface area contributed by atoms with Crippen LogP contribution in [0.4, 0.5) is 10.3 Å². The molecular weight excluding hydrogens is 271 g/mol. The van der Waals surface area contributed by atoms with Crippen LogP contribution in [0.5, 0.6) is 0 Å². The van der Waals surface area contributed by atoms with Gasteiger partial charge in [-0.1, -0.05) is 0 Å². The first-order valence-electron chi connectivity index (χ1n) is 7.74. The van der Waals surface area contributed by atoms with Crippen LogP contribution >= 0.6 is 0 Å². The van der Waals surface area contributed by atoms with Crippen LogP contribution in [0.3, 0.4) is 0 Å². The summed E-state index contributed by atoms with van der Waals surface area (Å²) >= 11 is 0. The average molecular weight is 294 g/mol. The van der Waals surface area contributed by atoms with E-state index in [1.807, 2.05) is 0 Å². The smallest absolute Gasteiger partial charge is 0.225 e. The standard InChI is InChI=1S/C15H23FN4O/c1-11-8-19(9-12(2)21-11)10-14-4-3-5-20(14)15-17-6-13(16)7-18-15/h6-7,11-12,14H,3-5,8-10H2,1-2H3/t11-,12+,14-/m1/s1. The second-order valence-corrected chi connectivity index (χ2v) is 6.17. The predicted molar refractivity (Wildman–Crippen MR) is 78.8 cm³/mol. The molecule has 0 aromatic carbocycles. The number of anilines is 1. The summed E-state index contributed by atoms with van der Waals surface area (Å²) in [7, 11) is 0. The van der Waals surface area contributed by atoms with Gasteiger partial charge in [0.1, 0.15) is 0 Å². The lowest BCUT2D eigenvalue weighted by Gasteiger charge is -2.38. The Morgan fingerprint density at radius 1 is 1.24 bits per heavy atom. The van der Waals surface area contributed by atoms with Crippen LogP contribution in [-0.2, 0) is 4.74 Å². The molecule has 6 heteroatoms. The first kappa shape index (κ1) is 14.7. The fourth-order valence-electron chi connectivity index (χ4n) is 3.47. The van der Waals surface area contributed by atoms with Gasteiger partial charge in [-0.25, -0.2) is 14.4 Å². The topological polar surface area (TPSA) is 41.5 Å². The third-order valence-corrected chi connectivity index (χ3v) is 4.20. The van der Waals surface area contributed by atoms with E-state index < -0.39 is 0 Å². The van der Waals surface area contributed by atoms with Crippen LogP contribution in [0.2, 0.25) is 0 Å². The van der Waals surface area contributed by atoms with Crippen LogP contribution in [0.25, 0.3) is 0 Å².